The van der Waals surface area contributed by atoms with Gasteiger partial charge in [0, 0.05) is 12.2 Å². The Morgan fingerprint density at radius 2 is 1.90 bits per heavy atom. The van der Waals surface area contributed by atoms with Gasteiger partial charge in [0.25, 0.3) is 0 Å². The third-order valence-corrected chi connectivity index (χ3v) is 3.61. The van der Waals surface area contributed by atoms with Gasteiger partial charge < -0.3 is 10.6 Å². The summed E-state index contributed by atoms with van der Waals surface area (Å²) in [6.07, 6.45) is 0. The molecule has 0 radical (unpaired) electrons. The first-order chi connectivity index (χ1) is 10.1. The van der Waals surface area contributed by atoms with Crippen molar-refractivity contribution in [1.82, 2.24) is 5.32 Å². The van der Waals surface area contributed by atoms with Crippen LogP contribution < -0.4 is 10.6 Å². The molecule has 0 heterocycles. The minimum atomic E-state index is -0.236. The lowest BCUT2D eigenvalue weighted by atomic mass is 10.0. The van der Waals surface area contributed by atoms with E-state index < -0.39 is 0 Å². The number of nitrogens with one attached hydrogen (secondary N) is 2. The van der Waals surface area contributed by atoms with Crippen LogP contribution in [0.5, 0.6) is 0 Å². The van der Waals surface area contributed by atoms with Crippen LogP contribution in [0.3, 0.4) is 0 Å². The molecule has 2 aromatic rings. The van der Waals surface area contributed by atoms with E-state index in [9.17, 15) is 4.39 Å². The highest BCUT2D eigenvalue weighted by Gasteiger charge is 2.06. The Bertz CT molecular complexity index is 613. The molecule has 2 rings (SSSR count). The van der Waals surface area contributed by atoms with Gasteiger partial charge in [-0.3, -0.25) is 0 Å². The first kappa shape index (κ1) is 15.4. The SMILES string of the molecule is Cc1ccc(NC(=S)NC[C@H](C)c2ccccc2)cc1F. The van der Waals surface area contributed by atoms with Crippen molar-refractivity contribution in [1.29, 1.82) is 0 Å². The predicted octanol–water partition coefficient (Wildman–Crippen LogP) is 4.22. The molecular weight excluding hydrogens is 283 g/mol. The molecule has 2 aromatic carbocycles. The summed E-state index contributed by atoms with van der Waals surface area (Å²) in [4.78, 5) is 0. The highest BCUT2D eigenvalue weighted by Crippen LogP contribution is 2.15. The lowest BCUT2D eigenvalue weighted by molar-refractivity contribution is 0.619. The number of rotatable bonds is 4. The zero-order valence-electron chi connectivity index (χ0n) is 12.2. The molecule has 0 saturated carbocycles. The Hall–Kier alpha value is -1.94. The summed E-state index contributed by atoms with van der Waals surface area (Å²) in [5.41, 5.74) is 2.54. The average molecular weight is 302 g/mol. The topological polar surface area (TPSA) is 24.1 Å². The molecule has 2 N–H and O–H groups in total. The standard InChI is InChI=1S/C17H19FN2S/c1-12-8-9-15(10-16(12)18)20-17(21)19-11-13(2)14-6-4-3-5-7-14/h3-10,13H,11H2,1-2H3,(H2,19,20,21)/t13-/m0/s1. The number of hydrogen-bond acceptors (Lipinski definition) is 1. The molecule has 110 valence electrons. The fourth-order valence-electron chi connectivity index (χ4n) is 1.99. The first-order valence-corrected chi connectivity index (χ1v) is 7.33. The van der Waals surface area contributed by atoms with Crippen LogP contribution in [0.4, 0.5) is 10.1 Å². The van der Waals surface area contributed by atoms with Crippen molar-refractivity contribution in [3.63, 3.8) is 0 Å². The van der Waals surface area contributed by atoms with E-state index in [0.717, 1.165) is 6.54 Å². The van der Waals surface area contributed by atoms with Crippen molar-refractivity contribution in [2.45, 2.75) is 19.8 Å². The predicted molar refractivity (Wildman–Crippen MR) is 90.2 cm³/mol. The Balaban J connectivity index is 1.86. The molecular formula is C17H19FN2S. The molecule has 4 heteroatoms. The Morgan fingerprint density at radius 1 is 1.19 bits per heavy atom. The normalized spacial score (nSPS) is 11.8. The number of anilines is 1. The van der Waals surface area contributed by atoms with Crippen molar-refractivity contribution in [3.8, 4) is 0 Å². The third-order valence-electron chi connectivity index (χ3n) is 3.37. The van der Waals surface area contributed by atoms with Crippen molar-refractivity contribution in [2.24, 2.45) is 0 Å². The van der Waals surface area contributed by atoms with E-state index in [1.165, 1.54) is 11.6 Å². The van der Waals surface area contributed by atoms with Gasteiger partial charge in [0.1, 0.15) is 5.82 Å². The van der Waals surface area contributed by atoms with E-state index >= 15 is 0 Å². The first-order valence-electron chi connectivity index (χ1n) is 6.92. The van der Waals surface area contributed by atoms with E-state index in [1.54, 1.807) is 13.0 Å². The monoisotopic (exact) mass is 302 g/mol. The highest BCUT2D eigenvalue weighted by molar-refractivity contribution is 7.80. The maximum absolute atomic E-state index is 13.5. The third kappa shape index (κ3) is 4.53. The van der Waals surface area contributed by atoms with Crippen molar-refractivity contribution in [2.75, 3.05) is 11.9 Å². The fourth-order valence-corrected chi connectivity index (χ4v) is 2.19. The van der Waals surface area contributed by atoms with Gasteiger partial charge in [-0.15, -0.1) is 0 Å². The van der Waals surface area contributed by atoms with Crippen LogP contribution in [0.15, 0.2) is 48.5 Å². The molecule has 0 fully saturated rings. The summed E-state index contributed by atoms with van der Waals surface area (Å²) < 4.78 is 13.5. The molecule has 1 atom stereocenters. The molecule has 0 amide bonds. The second-order valence-corrected chi connectivity index (χ2v) is 5.52. The minimum Gasteiger partial charge on any atom is -0.362 e. The van der Waals surface area contributed by atoms with Crippen molar-refractivity contribution in [3.05, 3.63) is 65.5 Å². The molecule has 0 unspecified atom stereocenters. The van der Waals surface area contributed by atoms with Crippen LogP contribution in [0.1, 0.15) is 24.0 Å². The fraction of sp³-hybridized carbons (Fsp3) is 0.235. The molecule has 0 aromatic heterocycles. The van der Waals surface area contributed by atoms with E-state index in [0.29, 0.717) is 22.3 Å². The van der Waals surface area contributed by atoms with Crippen LogP contribution in [0, 0.1) is 12.7 Å². The van der Waals surface area contributed by atoms with Gasteiger partial charge >= 0.3 is 0 Å². The van der Waals surface area contributed by atoms with Crippen molar-refractivity contribution < 1.29 is 4.39 Å². The van der Waals surface area contributed by atoms with E-state index in [-0.39, 0.29) is 5.82 Å². The summed E-state index contributed by atoms with van der Waals surface area (Å²) >= 11 is 5.24. The molecule has 0 saturated heterocycles. The molecule has 0 aliphatic heterocycles. The molecule has 21 heavy (non-hydrogen) atoms. The van der Waals surface area contributed by atoms with Crippen LogP contribution in [0.2, 0.25) is 0 Å². The Morgan fingerprint density at radius 3 is 2.57 bits per heavy atom. The summed E-state index contributed by atoms with van der Waals surface area (Å²) in [5.74, 6) is 0.112. The van der Waals surface area contributed by atoms with Crippen LogP contribution in [0.25, 0.3) is 0 Å². The van der Waals surface area contributed by atoms with Crippen molar-refractivity contribution >= 4 is 23.0 Å². The summed E-state index contributed by atoms with van der Waals surface area (Å²) in [5, 5.41) is 6.66. The molecule has 2 nitrogen and oxygen atoms in total. The smallest absolute Gasteiger partial charge is 0.170 e. The maximum Gasteiger partial charge on any atom is 0.170 e. The van der Waals surface area contributed by atoms with Crippen LogP contribution >= 0.6 is 12.2 Å². The summed E-state index contributed by atoms with van der Waals surface area (Å²) in [6, 6.07) is 15.2. The molecule has 0 aliphatic rings. The van der Waals surface area contributed by atoms with E-state index in [1.807, 2.05) is 24.3 Å². The zero-order chi connectivity index (χ0) is 15.2. The maximum atomic E-state index is 13.5. The molecule has 0 spiro atoms. The zero-order valence-corrected chi connectivity index (χ0v) is 13.0. The number of halogens is 1. The summed E-state index contributed by atoms with van der Waals surface area (Å²) in [6.45, 7) is 4.60. The van der Waals surface area contributed by atoms with Crippen LogP contribution in [-0.2, 0) is 0 Å². The van der Waals surface area contributed by atoms with Gasteiger partial charge in [-0.25, -0.2) is 4.39 Å². The van der Waals surface area contributed by atoms with Gasteiger partial charge in [-0.05, 0) is 48.3 Å². The lowest BCUT2D eigenvalue weighted by Crippen LogP contribution is -2.31. The van der Waals surface area contributed by atoms with Gasteiger partial charge in [-0.2, -0.15) is 0 Å². The van der Waals surface area contributed by atoms with Gasteiger partial charge in [0.15, 0.2) is 5.11 Å². The second kappa shape index (κ2) is 7.18. The Kier molecular flexibility index (Phi) is 5.28. The van der Waals surface area contributed by atoms with Gasteiger partial charge in [0.2, 0.25) is 0 Å². The second-order valence-electron chi connectivity index (χ2n) is 5.11. The highest BCUT2D eigenvalue weighted by atomic mass is 32.1. The number of benzene rings is 2. The molecule has 0 bridgehead atoms. The minimum absolute atomic E-state index is 0.236. The lowest BCUT2D eigenvalue weighted by Gasteiger charge is -2.15. The van der Waals surface area contributed by atoms with E-state index in [2.05, 4.69) is 29.7 Å². The number of thiocarbonyl (C=S) groups is 1. The number of aryl methyl sites for hydroxylation is 1. The van der Waals surface area contributed by atoms with E-state index in [4.69, 9.17) is 12.2 Å². The van der Waals surface area contributed by atoms with Gasteiger partial charge in [-0.1, -0.05) is 43.3 Å². The largest absolute Gasteiger partial charge is 0.362 e. The summed E-state index contributed by atoms with van der Waals surface area (Å²) in [7, 11) is 0. The molecule has 0 aliphatic carbocycles. The average Bonchev–Trinajstić information content (AvgIpc) is 2.49. The van der Waals surface area contributed by atoms with Gasteiger partial charge in [0.05, 0.1) is 0 Å². The Labute approximate surface area is 130 Å². The van der Waals surface area contributed by atoms with Crippen LogP contribution in [-0.4, -0.2) is 11.7 Å². The quantitative estimate of drug-likeness (QED) is 0.827. The number of hydrogen-bond donors (Lipinski definition) is 2.